The summed E-state index contributed by atoms with van der Waals surface area (Å²) in [5.41, 5.74) is 0. The van der Waals surface area contributed by atoms with E-state index in [9.17, 15) is 9.18 Å². The Balaban J connectivity index is 1.53. The number of carbonyl (C=O) groups excluding carboxylic acids is 1. The molecule has 1 fully saturated rings. The molecule has 0 aliphatic carbocycles. The van der Waals surface area contributed by atoms with Gasteiger partial charge in [-0.3, -0.25) is 4.79 Å². The Hall–Kier alpha value is -1.46. The first-order valence-electron chi connectivity index (χ1n) is 7.42. The summed E-state index contributed by atoms with van der Waals surface area (Å²) in [6, 6.07) is 6.58. The summed E-state index contributed by atoms with van der Waals surface area (Å²) in [6.07, 6.45) is 3.55. The number of amides is 1. The van der Waals surface area contributed by atoms with Gasteiger partial charge in [0.15, 0.2) is 0 Å². The molecule has 1 aliphatic heterocycles. The van der Waals surface area contributed by atoms with Crippen molar-refractivity contribution in [1.29, 1.82) is 0 Å². The van der Waals surface area contributed by atoms with Gasteiger partial charge >= 0.3 is 0 Å². The number of carbonyl (C=O) groups is 1. The topological polar surface area (TPSA) is 32.3 Å². The number of thiophene rings is 1. The Kier molecular flexibility index (Phi) is 4.51. The van der Waals surface area contributed by atoms with Crippen LogP contribution in [0.4, 0.5) is 4.39 Å². The van der Waals surface area contributed by atoms with Gasteiger partial charge in [-0.25, -0.2) is 4.39 Å². The maximum Gasteiger partial charge on any atom is 0.261 e. The van der Waals surface area contributed by atoms with Gasteiger partial charge in [-0.15, -0.1) is 11.3 Å². The fourth-order valence-corrected chi connectivity index (χ4v) is 3.73. The van der Waals surface area contributed by atoms with Crippen LogP contribution in [0.3, 0.4) is 0 Å². The molecule has 1 N–H and O–H groups in total. The van der Waals surface area contributed by atoms with Gasteiger partial charge < -0.3 is 10.2 Å². The zero-order chi connectivity index (χ0) is 14.7. The number of rotatable bonds is 5. The van der Waals surface area contributed by atoms with E-state index >= 15 is 0 Å². The number of hydrogen-bond acceptors (Lipinski definition) is 3. The SMILES string of the molecule is O=C(NCCCN1CCCC1)c1cc2c(F)cccc2s1. The van der Waals surface area contributed by atoms with Crippen molar-refractivity contribution in [1.82, 2.24) is 10.2 Å². The highest BCUT2D eigenvalue weighted by molar-refractivity contribution is 7.20. The van der Waals surface area contributed by atoms with Crippen LogP contribution in [0.2, 0.25) is 0 Å². The van der Waals surface area contributed by atoms with E-state index in [1.54, 1.807) is 12.1 Å². The fourth-order valence-electron chi connectivity index (χ4n) is 2.74. The summed E-state index contributed by atoms with van der Waals surface area (Å²) < 4.78 is 14.4. The molecule has 0 radical (unpaired) electrons. The largest absolute Gasteiger partial charge is 0.351 e. The Morgan fingerprint density at radius 3 is 2.90 bits per heavy atom. The molecule has 5 heteroatoms. The smallest absolute Gasteiger partial charge is 0.261 e. The van der Waals surface area contributed by atoms with Crippen molar-refractivity contribution < 1.29 is 9.18 Å². The molecule has 0 spiro atoms. The van der Waals surface area contributed by atoms with E-state index in [2.05, 4.69) is 10.2 Å². The lowest BCUT2D eigenvalue weighted by molar-refractivity contribution is 0.0956. The van der Waals surface area contributed by atoms with Crippen LogP contribution >= 0.6 is 11.3 Å². The molecular weight excluding hydrogens is 287 g/mol. The maximum atomic E-state index is 13.6. The molecule has 0 atom stereocenters. The van der Waals surface area contributed by atoms with Gasteiger partial charge in [-0.1, -0.05) is 6.07 Å². The lowest BCUT2D eigenvalue weighted by Crippen LogP contribution is -2.28. The zero-order valence-electron chi connectivity index (χ0n) is 11.9. The van der Waals surface area contributed by atoms with E-state index in [1.165, 1.54) is 43.3 Å². The van der Waals surface area contributed by atoms with Crippen molar-refractivity contribution in [3.8, 4) is 0 Å². The van der Waals surface area contributed by atoms with Gasteiger partial charge in [-0.05, 0) is 57.1 Å². The quantitative estimate of drug-likeness (QED) is 0.860. The second-order valence-electron chi connectivity index (χ2n) is 5.42. The number of halogens is 1. The molecule has 21 heavy (non-hydrogen) atoms. The molecule has 112 valence electrons. The molecule has 3 nitrogen and oxygen atoms in total. The molecule has 0 saturated carbocycles. The molecule has 1 saturated heterocycles. The van der Waals surface area contributed by atoms with Crippen LogP contribution in [0, 0.1) is 5.82 Å². The average Bonchev–Trinajstić information content (AvgIpc) is 3.13. The van der Waals surface area contributed by atoms with Gasteiger partial charge in [-0.2, -0.15) is 0 Å². The lowest BCUT2D eigenvalue weighted by atomic mass is 10.2. The average molecular weight is 306 g/mol. The predicted molar refractivity (Wildman–Crippen MR) is 84.4 cm³/mol. The van der Waals surface area contributed by atoms with E-state index in [-0.39, 0.29) is 11.7 Å². The first kappa shape index (κ1) is 14.5. The Bertz CT molecular complexity index is 634. The molecule has 1 aromatic carbocycles. The van der Waals surface area contributed by atoms with Gasteiger partial charge in [0.25, 0.3) is 5.91 Å². The summed E-state index contributed by atoms with van der Waals surface area (Å²) >= 11 is 1.34. The standard InChI is InChI=1S/C16H19FN2OS/c17-13-5-3-6-14-12(13)11-15(21-14)16(20)18-7-4-10-19-8-1-2-9-19/h3,5-6,11H,1-2,4,7-10H2,(H,18,20). The van der Waals surface area contributed by atoms with Gasteiger partial charge in [0.2, 0.25) is 0 Å². The molecule has 2 aromatic rings. The first-order chi connectivity index (χ1) is 10.2. The molecule has 1 aromatic heterocycles. The summed E-state index contributed by atoms with van der Waals surface area (Å²) in [5.74, 6) is -0.367. The minimum atomic E-state index is -0.267. The van der Waals surface area contributed by atoms with Gasteiger partial charge in [0.05, 0.1) is 4.88 Å². The Morgan fingerprint density at radius 2 is 2.14 bits per heavy atom. The van der Waals surface area contributed by atoms with Gasteiger partial charge in [0.1, 0.15) is 5.82 Å². The highest BCUT2D eigenvalue weighted by Gasteiger charge is 2.13. The number of nitrogens with zero attached hydrogens (tertiary/aromatic N) is 1. The van der Waals surface area contributed by atoms with Crippen LogP contribution in [0.25, 0.3) is 10.1 Å². The van der Waals surface area contributed by atoms with Crippen LogP contribution in [0.15, 0.2) is 24.3 Å². The monoisotopic (exact) mass is 306 g/mol. The number of likely N-dealkylation sites (tertiary alicyclic amines) is 1. The summed E-state index contributed by atoms with van der Waals surface area (Å²) in [5, 5.41) is 3.46. The zero-order valence-corrected chi connectivity index (χ0v) is 12.7. The van der Waals surface area contributed by atoms with Crippen molar-refractivity contribution in [2.45, 2.75) is 19.3 Å². The third-order valence-electron chi connectivity index (χ3n) is 3.87. The number of nitrogens with one attached hydrogen (secondary N) is 1. The van der Waals surface area contributed by atoms with E-state index < -0.39 is 0 Å². The summed E-state index contributed by atoms with van der Waals surface area (Å²) in [7, 11) is 0. The van der Waals surface area contributed by atoms with Crippen molar-refractivity contribution in [3.05, 3.63) is 35.0 Å². The molecule has 1 aliphatic rings. The second kappa shape index (κ2) is 6.54. The van der Waals surface area contributed by atoms with E-state index in [0.29, 0.717) is 16.8 Å². The second-order valence-corrected chi connectivity index (χ2v) is 6.50. The number of fused-ring (bicyclic) bond motifs is 1. The van der Waals surface area contributed by atoms with E-state index in [4.69, 9.17) is 0 Å². The lowest BCUT2D eigenvalue weighted by Gasteiger charge is -2.14. The molecular formula is C16H19FN2OS. The van der Waals surface area contributed by atoms with Crippen LogP contribution in [-0.2, 0) is 0 Å². The summed E-state index contributed by atoms with van der Waals surface area (Å²) in [6.45, 7) is 4.08. The van der Waals surface area contributed by atoms with Crippen LogP contribution < -0.4 is 5.32 Å². The molecule has 2 heterocycles. The minimum absolute atomic E-state index is 0.1000. The first-order valence-corrected chi connectivity index (χ1v) is 8.24. The number of hydrogen-bond donors (Lipinski definition) is 1. The van der Waals surface area contributed by atoms with Crippen LogP contribution in [-0.4, -0.2) is 37.0 Å². The maximum absolute atomic E-state index is 13.6. The Morgan fingerprint density at radius 1 is 1.33 bits per heavy atom. The Labute approximate surface area is 127 Å². The third kappa shape index (κ3) is 3.41. The van der Waals surface area contributed by atoms with Crippen molar-refractivity contribution >= 4 is 27.3 Å². The molecule has 0 unspecified atom stereocenters. The highest BCUT2D eigenvalue weighted by atomic mass is 32.1. The summed E-state index contributed by atoms with van der Waals surface area (Å²) in [4.78, 5) is 15.1. The van der Waals surface area contributed by atoms with Gasteiger partial charge in [0, 0.05) is 16.6 Å². The number of benzene rings is 1. The third-order valence-corrected chi connectivity index (χ3v) is 4.97. The molecule has 1 amide bonds. The van der Waals surface area contributed by atoms with E-state index in [1.807, 2.05) is 6.07 Å². The van der Waals surface area contributed by atoms with Crippen molar-refractivity contribution in [3.63, 3.8) is 0 Å². The van der Waals surface area contributed by atoms with Crippen molar-refractivity contribution in [2.24, 2.45) is 0 Å². The normalized spacial score (nSPS) is 15.7. The molecule has 0 bridgehead atoms. The minimum Gasteiger partial charge on any atom is -0.351 e. The highest BCUT2D eigenvalue weighted by Crippen LogP contribution is 2.27. The van der Waals surface area contributed by atoms with Crippen LogP contribution in [0.1, 0.15) is 28.9 Å². The van der Waals surface area contributed by atoms with Crippen molar-refractivity contribution in [2.75, 3.05) is 26.2 Å². The fraction of sp³-hybridized carbons (Fsp3) is 0.438. The predicted octanol–water partition coefficient (Wildman–Crippen LogP) is 3.26. The van der Waals surface area contributed by atoms with E-state index in [0.717, 1.165) is 17.7 Å². The van der Waals surface area contributed by atoms with Crippen LogP contribution in [0.5, 0.6) is 0 Å². The molecule has 3 rings (SSSR count).